The Labute approximate surface area is 515 Å². The number of esters is 10. The van der Waals surface area contributed by atoms with Gasteiger partial charge in [-0.25, -0.2) is 19.2 Å². The topological polar surface area (TPSA) is 425 Å². The summed E-state index contributed by atoms with van der Waals surface area (Å²) in [6, 6.07) is 0. The van der Waals surface area contributed by atoms with Crippen molar-refractivity contribution in [1.82, 2.24) is 0 Å². The molecule has 0 aromatic heterocycles. The average Bonchev–Trinajstić information content (AvgIpc) is 3.93. The van der Waals surface area contributed by atoms with Gasteiger partial charge in [0.25, 0.3) is 0 Å². The van der Waals surface area contributed by atoms with Gasteiger partial charge in [0, 0.05) is 65.0 Å². The maximum atomic E-state index is 11.8. The molecule has 0 amide bonds. The summed E-state index contributed by atoms with van der Waals surface area (Å²) in [5.74, 6) is -4.21. The number of aliphatic hydroxyl groups excluding tert-OH is 8. The lowest BCUT2D eigenvalue weighted by Gasteiger charge is -2.22. The summed E-state index contributed by atoms with van der Waals surface area (Å²) in [6.45, 7) is 6.61. The van der Waals surface area contributed by atoms with Gasteiger partial charge in [-0.05, 0) is 118 Å². The van der Waals surface area contributed by atoms with Crippen LogP contribution in [0.15, 0.2) is 0 Å². The van der Waals surface area contributed by atoms with Crippen LogP contribution in [0.1, 0.15) is 204 Å². The second-order valence-corrected chi connectivity index (χ2v) is 18.3. The molecule has 3 aliphatic heterocycles. The van der Waals surface area contributed by atoms with Gasteiger partial charge in [0.1, 0.15) is 26.4 Å². The number of aliphatic hydroxyl groups is 8. The highest BCUT2D eigenvalue weighted by molar-refractivity contribution is 5.87. The molecule has 0 spiro atoms. The van der Waals surface area contributed by atoms with Gasteiger partial charge < -0.3 is 88.2 Å². The normalized spacial score (nSPS) is 15.2. The first-order chi connectivity index (χ1) is 40.2. The van der Waals surface area contributed by atoms with Gasteiger partial charge in [0.15, 0.2) is 24.4 Å². The summed E-state index contributed by atoms with van der Waals surface area (Å²) in [5.41, 5.74) is 0. The first-order valence-electron chi connectivity index (χ1n) is 28.9. The first kappa shape index (κ1) is 95.0. The number of unbranched alkanes of at least 4 members (excludes halogenated alkanes) is 8. The number of cyclic esters (lactones) is 4. The van der Waals surface area contributed by atoms with E-state index in [1.54, 1.807) is 0 Å². The minimum Gasteiger partial charge on any atom is -0.466 e. The van der Waals surface area contributed by atoms with Crippen LogP contribution in [0.2, 0.25) is 0 Å². The van der Waals surface area contributed by atoms with Gasteiger partial charge in [0.2, 0.25) is 0 Å². The highest BCUT2D eigenvalue weighted by Gasteiger charge is 2.32. The predicted octanol–water partition coefficient (Wildman–Crippen LogP) is 4.14. The van der Waals surface area contributed by atoms with E-state index in [-0.39, 0.29) is 138 Å². The van der Waals surface area contributed by atoms with Gasteiger partial charge in [-0.15, -0.1) is 0 Å². The molecule has 0 aliphatic carbocycles. The maximum Gasteiger partial charge on any atom is 0.347 e. The second kappa shape index (κ2) is 71.1. The summed E-state index contributed by atoms with van der Waals surface area (Å²) in [5, 5.41) is 65.0. The number of carbonyl (C=O) groups excluding carboxylic acids is 10. The van der Waals surface area contributed by atoms with Crippen molar-refractivity contribution in [2.75, 3.05) is 92.5 Å². The van der Waals surface area contributed by atoms with E-state index in [0.29, 0.717) is 103 Å². The summed E-state index contributed by atoms with van der Waals surface area (Å²) in [4.78, 5) is 111. The Morgan fingerprint density at radius 3 is 0.943 bits per heavy atom. The molecule has 28 nitrogen and oxygen atoms in total. The molecule has 3 fully saturated rings. The molecule has 3 heterocycles. The Hall–Kier alpha value is -5.62. The van der Waals surface area contributed by atoms with Crippen LogP contribution >= 0.6 is 0 Å². The second-order valence-electron chi connectivity index (χ2n) is 18.3. The molecule has 0 aromatic rings. The van der Waals surface area contributed by atoms with Gasteiger partial charge in [-0.2, -0.15) is 0 Å². The molecular weight excluding hydrogens is 1160 g/mol. The van der Waals surface area contributed by atoms with E-state index in [2.05, 4.69) is 9.47 Å². The lowest BCUT2D eigenvalue weighted by atomic mass is 10.2. The lowest BCUT2D eigenvalue weighted by molar-refractivity contribution is -0.191. The van der Waals surface area contributed by atoms with E-state index in [1.807, 2.05) is 0 Å². The lowest BCUT2D eigenvalue weighted by Crippen LogP contribution is -2.40. The van der Waals surface area contributed by atoms with Crippen LogP contribution in [0.5, 0.6) is 0 Å². The smallest absolute Gasteiger partial charge is 0.347 e. The summed E-state index contributed by atoms with van der Waals surface area (Å²) >= 11 is 0. The van der Waals surface area contributed by atoms with Crippen LogP contribution in [0.3, 0.4) is 0 Å². The van der Waals surface area contributed by atoms with Gasteiger partial charge in [-0.1, -0.05) is 48.0 Å². The maximum absolute atomic E-state index is 11.8. The van der Waals surface area contributed by atoms with E-state index in [1.165, 1.54) is 27.7 Å². The molecule has 4 unspecified atom stereocenters. The largest absolute Gasteiger partial charge is 0.466 e. The number of rotatable bonds is 32. The Bertz CT molecular complexity index is 1550. The monoisotopic (exact) mass is 1270 g/mol. The van der Waals surface area contributed by atoms with Gasteiger partial charge in [0.05, 0.1) is 39.6 Å². The van der Waals surface area contributed by atoms with Crippen LogP contribution in [-0.2, 0) is 95.3 Å². The third kappa shape index (κ3) is 69.4. The summed E-state index contributed by atoms with van der Waals surface area (Å²) in [6.07, 6.45) is 13.0. The highest BCUT2D eigenvalue weighted by atomic mass is 16.7. The van der Waals surface area contributed by atoms with Gasteiger partial charge in [-0.3, -0.25) is 28.8 Å². The van der Waals surface area contributed by atoms with E-state index in [9.17, 15) is 47.9 Å². The van der Waals surface area contributed by atoms with E-state index >= 15 is 0 Å². The molecule has 4 atom stereocenters. The van der Waals surface area contributed by atoms with Crippen LogP contribution < -0.4 is 0 Å². The fourth-order valence-electron chi connectivity index (χ4n) is 6.06. The Kier molecular flexibility index (Phi) is 77.7. The molecule has 0 bridgehead atoms. The zero-order chi connectivity index (χ0) is 64.0. The zero-order valence-electron chi connectivity index (χ0n) is 49.9. The zero-order valence-corrected chi connectivity index (χ0v) is 49.9. The molecule has 0 saturated carbocycles. The van der Waals surface area contributed by atoms with Crippen molar-refractivity contribution in [3.8, 4) is 0 Å². The fourth-order valence-corrected chi connectivity index (χ4v) is 6.06. The van der Waals surface area contributed by atoms with Crippen molar-refractivity contribution >= 4 is 59.7 Å². The van der Waals surface area contributed by atoms with E-state index in [0.717, 1.165) is 51.4 Å². The number of carbonyl (C=O) groups is 10. The average molecular weight is 1270 g/mol. The molecule has 8 N–H and O–H groups in total. The molecule has 0 radical (unpaired) electrons. The predicted molar refractivity (Wildman–Crippen MR) is 316 cm³/mol. The number of hydrogen-bond donors (Lipinski definition) is 8. The van der Waals surface area contributed by atoms with Crippen LogP contribution in [0.4, 0.5) is 0 Å². The molecule has 87 heavy (non-hydrogen) atoms. The third-order valence-corrected chi connectivity index (χ3v) is 10.6. The third-order valence-electron chi connectivity index (χ3n) is 10.6. The molecule has 516 valence electrons. The van der Waals surface area contributed by atoms with Crippen molar-refractivity contribution in [1.29, 1.82) is 0 Å². The molecule has 3 rings (SSSR count). The van der Waals surface area contributed by atoms with Crippen LogP contribution in [0.25, 0.3) is 0 Å². The molecule has 0 aromatic carbocycles. The van der Waals surface area contributed by atoms with Crippen molar-refractivity contribution in [2.24, 2.45) is 0 Å². The first-order valence-corrected chi connectivity index (χ1v) is 28.9. The molecule has 28 heteroatoms. The highest BCUT2D eigenvalue weighted by Crippen LogP contribution is 2.11. The van der Waals surface area contributed by atoms with Crippen LogP contribution in [-0.4, -0.2) is 217 Å². The molecule has 3 saturated heterocycles. The van der Waals surface area contributed by atoms with E-state index < -0.39 is 60.2 Å². The van der Waals surface area contributed by atoms with Crippen molar-refractivity contribution in [3.05, 3.63) is 0 Å². The molecule has 3 aliphatic rings. The van der Waals surface area contributed by atoms with Crippen molar-refractivity contribution in [2.45, 2.75) is 228 Å². The minimum atomic E-state index is -1.09. The number of ether oxygens (including phenoxy) is 10. The van der Waals surface area contributed by atoms with Crippen molar-refractivity contribution in [3.63, 3.8) is 0 Å². The SMILES string of the molecule is C.C.C.CC(OC(=O)CCCCCO)C(=O)OCCOC(=O)C(C)OC(=O)CCCCCO.CC1OC(=O)C(C)OC1=O.O=C(CCCCCO)OCCOC(=O)CCCCCO.O=C1CCCCCO1.O=C1CCCCCO1.OCCO.OCCO. The Morgan fingerprint density at radius 1 is 0.391 bits per heavy atom. The minimum absolute atomic E-state index is 0. The Morgan fingerprint density at radius 2 is 0.667 bits per heavy atom. The van der Waals surface area contributed by atoms with Gasteiger partial charge >= 0.3 is 59.7 Å². The summed E-state index contributed by atoms with van der Waals surface area (Å²) in [7, 11) is 0. The quantitative estimate of drug-likeness (QED) is 0.0266. The molecular formula is C59H112O28. The fraction of sp³-hybridized carbons (Fsp3) is 0.831. The summed E-state index contributed by atoms with van der Waals surface area (Å²) < 4.78 is 48.2. The van der Waals surface area contributed by atoms with Crippen LogP contribution in [0, 0.1) is 0 Å². The van der Waals surface area contributed by atoms with E-state index in [4.69, 9.17) is 78.7 Å². The standard InChI is InChI=1S/C20H34O10.C14H26O6.C6H8O4.2C6H10O2.2C2H6O2.3CH4/c1-15(29-17(23)9-5-3-7-11-21)19(25)27-13-14-28-20(26)16(2)30-18(24)10-6-4-8-12-22;15-9-5-1-3-7-13(17)19-11-12-20-14(18)8-4-2-6-10-16;1-3-5(7)10-4(2)6(8)9-3;2*7-6-4-2-1-3-5-8-6;2*3-1-2-4;;;/h15-16,21-22H,3-14H2,1-2H3;15-16H,1-12H2;3-4H,1-2H3;2*1-5H2;2*3-4H,1-2H2;3*1H4. The van der Waals surface area contributed by atoms with Crippen molar-refractivity contribution < 1.29 is 136 Å². The number of hydrogen-bond acceptors (Lipinski definition) is 28. The Balaban J connectivity index is -0.000000192.